The summed E-state index contributed by atoms with van der Waals surface area (Å²) in [6.45, 7) is 7.23. The van der Waals surface area contributed by atoms with Crippen molar-refractivity contribution in [3.63, 3.8) is 0 Å². The van der Waals surface area contributed by atoms with Crippen LogP contribution in [0.2, 0.25) is 0 Å². The van der Waals surface area contributed by atoms with Crippen molar-refractivity contribution in [1.82, 2.24) is 19.8 Å². The van der Waals surface area contributed by atoms with Gasteiger partial charge in [-0.1, -0.05) is 13.8 Å². The van der Waals surface area contributed by atoms with E-state index >= 15 is 0 Å². The van der Waals surface area contributed by atoms with Crippen molar-refractivity contribution in [3.05, 3.63) is 86.3 Å². The van der Waals surface area contributed by atoms with Gasteiger partial charge in [-0.25, -0.2) is 9.37 Å². The third-order valence-electron chi connectivity index (χ3n) is 7.54. The minimum atomic E-state index is -4.78. The number of hydrogen-bond donors (Lipinski definition) is 2. The molecule has 1 aromatic carbocycles. The number of carboxylic acids is 1. The third-order valence-corrected chi connectivity index (χ3v) is 7.54. The Morgan fingerprint density at radius 1 is 1.13 bits per heavy atom. The number of terminal acetylenes is 1. The highest BCUT2D eigenvalue weighted by molar-refractivity contribution is 5.82. The maximum atomic E-state index is 14.1. The summed E-state index contributed by atoms with van der Waals surface area (Å²) in [5, 5.41) is 12.4. The second kappa shape index (κ2) is 14.7. The molecule has 0 saturated carbocycles. The Kier molecular flexibility index (Phi) is 11.5. The van der Waals surface area contributed by atoms with Crippen molar-refractivity contribution in [3.8, 4) is 23.5 Å². The Morgan fingerprint density at radius 2 is 1.76 bits per heavy atom. The number of amides is 1. The van der Waals surface area contributed by atoms with Gasteiger partial charge in [0.15, 0.2) is 0 Å². The van der Waals surface area contributed by atoms with Gasteiger partial charge in [0.05, 0.1) is 18.0 Å². The molecular formula is C34H38F4N4O4. The maximum Gasteiger partial charge on any atom is 0.416 e. The molecule has 0 aliphatic rings. The molecule has 0 aliphatic carbocycles. The number of aromatic nitrogens is 2. The second-order valence-electron chi connectivity index (χ2n) is 12.0. The number of carbonyl (C=O) groups is 2. The van der Waals surface area contributed by atoms with Gasteiger partial charge in [0, 0.05) is 30.6 Å². The van der Waals surface area contributed by atoms with E-state index in [1.807, 2.05) is 0 Å². The molecule has 8 nitrogen and oxygen atoms in total. The molecule has 3 rings (SSSR count). The number of halogens is 4. The van der Waals surface area contributed by atoms with Crippen LogP contribution >= 0.6 is 0 Å². The number of nitrogens with zero attached hydrogens (tertiary/aromatic N) is 3. The van der Waals surface area contributed by atoms with Gasteiger partial charge in [0.2, 0.25) is 5.91 Å². The summed E-state index contributed by atoms with van der Waals surface area (Å²) in [7, 11) is 3.41. The first-order valence-corrected chi connectivity index (χ1v) is 14.7. The standard InChI is InChI=1S/C34H38F4N4O4/c1-8-27-25(32-20(4)12-24(35)13-21(32)5)14-23(17-39-27)28(16-31(44)45)40-33(46)29(11-19(2)3)42-18-22(9-10-41(6)7)26(15-30(42)43)34(36,37)38/h1,12-15,17-19,28-29H,9-11,16H2,2-7H3,(H,40,46)(H,44,45)/t28?,29-/m0/s1. The van der Waals surface area contributed by atoms with E-state index in [1.54, 1.807) is 52.8 Å². The minimum Gasteiger partial charge on any atom is -0.481 e. The summed E-state index contributed by atoms with van der Waals surface area (Å²) in [6.07, 6.45) is 2.81. The smallest absolute Gasteiger partial charge is 0.416 e. The highest BCUT2D eigenvalue weighted by atomic mass is 19.4. The van der Waals surface area contributed by atoms with Gasteiger partial charge in [-0.05, 0) is 98.6 Å². The number of nitrogens with one attached hydrogen (secondary N) is 1. The summed E-state index contributed by atoms with van der Waals surface area (Å²) >= 11 is 0. The van der Waals surface area contributed by atoms with Crippen LogP contribution in [0, 0.1) is 37.9 Å². The molecule has 2 aromatic heterocycles. The first kappa shape index (κ1) is 36.0. The van der Waals surface area contributed by atoms with Crippen molar-refractivity contribution in [2.24, 2.45) is 5.92 Å². The van der Waals surface area contributed by atoms with Crippen molar-refractivity contribution in [1.29, 1.82) is 0 Å². The van der Waals surface area contributed by atoms with E-state index in [2.05, 4.69) is 16.2 Å². The Hall–Kier alpha value is -4.50. The predicted octanol–water partition coefficient (Wildman–Crippen LogP) is 5.69. The Balaban J connectivity index is 2.13. The van der Waals surface area contributed by atoms with E-state index in [4.69, 9.17) is 6.42 Å². The normalized spacial score (nSPS) is 13.0. The molecule has 2 N–H and O–H groups in total. The summed E-state index contributed by atoms with van der Waals surface area (Å²) in [5.74, 6) is -0.126. The lowest BCUT2D eigenvalue weighted by atomic mass is 9.92. The van der Waals surface area contributed by atoms with Gasteiger partial charge in [0.1, 0.15) is 17.6 Å². The molecule has 2 atom stereocenters. The van der Waals surface area contributed by atoms with Crippen molar-refractivity contribution in [2.45, 2.75) is 65.2 Å². The van der Waals surface area contributed by atoms with Gasteiger partial charge in [0.25, 0.3) is 5.56 Å². The first-order chi connectivity index (χ1) is 21.4. The fourth-order valence-electron chi connectivity index (χ4n) is 5.44. The third kappa shape index (κ3) is 8.81. The monoisotopic (exact) mass is 642 g/mol. The molecule has 0 aliphatic heterocycles. The lowest BCUT2D eigenvalue weighted by Crippen LogP contribution is -2.40. The summed E-state index contributed by atoms with van der Waals surface area (Å²) in [5.41, 5.74) is 0.442. The molecule has 0 radical (unpaired) electrons. The molecule has 1 unspecified atom stereocenters. The zero-order valence-electron chi connectivity index (χ0n) is 26.6. The van der Waals surface area contributed by atoms with Gasteiger partial charge in [-0.2, -0.15) is 13.2 Å². The molecule has 0 saturated heterocycles. The van der Waals surface area contributed by atoms with Gasteiger partial charge in [-0.3, -0.25) is 14.4 Å². The second-order valence-corrected chi connectivity index (χ2v) is 12.0. The quantitative estimate of drug-likeness (QED) is 0.194. The zero-order valence-corrected chi connectivity index (χ0v) is 26.6. The number of pyridine rings is 2. The average Bonchev–Trinajstić information content (AvgIpc) is 2.93. The molecule has 0 bridgehead atoms. The fourth-order valence-corrected chi connectivity index (χ4v) is 5.44. The van der Waals surface area contributed by atoms with Crippen LogP contribution in [0.4, 0.5) is 17.6 Å². The van der Waals surface area contributed by atoms with E-state index in [9.17, 15) is 37.1 Å². The molecule has 0 spiro atoms. The highest BCUT2D eigenvalue weighted by Crippen LogP contribution is 2.34. The van der Waals surface area contributed by atoms with E-state index < -0.39 is 53.5 Å². The number of carbonyl (C=O) groups excluding carboxylic acids is 1. The SMILES string of the molecule is C#Cc1ncc(C(CC(=O)O)NC(=O)[C@H](CC(C)C)n2cc(CCN(C)C)c(C(F)(F)F)cc2=O)cc1-c1c(C)cc(F)cc1C. The van der Waals surface area contributed by atoms with Crippen LogP contribution in [-0.4, -0.2) is 52.1 Å². The molecular weight excluding hydrogens is 604 g/mol. The van der Waals surface area contributed by atoms with Crippen LogP contribution in [0.1, 0.15) is 72.3 Å². The lowest BCUT2D eigenvalue weighted by molar-refractivity contribution is -0.139. The number of hydrogen-bond acceptors (Lipinski definition) is 5. The summed E-state index contributed by atoms with van der Waals surface area (Å²) in [6, 6.07) is 2.35. The molecule has 246 valence electrons. The van der Waals surface area contributed by atoms with E-state index in [-0.39, 0.29) is 42.1 Å². The molecule has 0 fully saturated rings. The van der Waals surface area contributed by atoms with Crippen LogP contribution in [-0.2, 0) is 22.2 Å². The number of aryl methyl sites for hydroxylation is 2. The first-order valence-electron chi connectivity index (χ1n) is 14.7. The number of benzene rings is 1. The van der Waals surface area contributed by atoms with E-state index in [1.165, 1.54) is 18.3 Å². The van der Waals surface area contributed by atoms with Crippen molar-refractivity contribution < 1.29 is 32.3 Å². The Morgan fingerprint density at radius 3 is 2.28 bits per heavy atom. The molecule has 2 heterocycles. The number of rotatable bonds is 12. The predicted molar refractivity (Wildman–Crippen MR) is 167 cm³/mol. The fraction of sp³-hybridized carbons (Fsp3) is 0.412. The van der Waals surface area contributed by atoms with E-state index in [0.717, 1.165) is 10.8 Å². The van der Waals surface area contributed by atoms with Crippen LogP contribution in [0.15, 0.2) is 41.5 Å². The van der Waals surface area contributed by atoms with Gasteiger partial charge in [-0.15, -0.1) is 6.42 Å². The molecule has 3 aromatic rings. The van der Waals surface area contributed by atoms with Crippen molar-refractivity contribution in [2.75, 3.05) is 20.6 Å². The topological polar surface area (TPSA) is 105 Å². The number of aliphatic carboxylic acids is 1. The maximum absolute atomic E-state index is 14.1. The summed E-state index contributed by atoms with van der Waals surface area (Å²) < 4.78 is 56.7. The lowest BCUT2D eigenvalue weighted by Gasteiger charge is -2.26. The summed E-state index contributed by atoms with van der Waals surface area (Å²) in [4.78, 5) is 45.0. The number of alkyl halides is 3. The molecule has 46 heavy (non-hydrogen) atoms. The zero-order chi connectivity index (χ0) is 34.5. The Bertz CT molecular complexity index is 1680. The average molecular weight is 643 g/mol. The van der Waals surface area contributed by atoms with E-state index in [0.29, 0.717) is 28.3 Å². The van der Waals surface area contributed by atoms with Gasteiger partial charge >= 0.3 is 12.1 Å². The van der Waals surface area contributed by atoms with Crippen LogP contribution < -0.4 is 10.9 Å². The van der Waals surface area contributed by atoms with Gasteiger partial charge < -0.3 is 19.9 Å². The van der Waals surface area contributed by atoms with Crippen LogP contribution in [0.25, 0.3) is 11.1 Å². The van der Waals surface area contributed by atoms with Crippen LogP contribution in [0.3, 0.4) is 0 Å². The molecule has 12 heteroatoms. The Labute approximate surface area is 265 Å². The number of carboxylic acid groups (broad SMARTS) is 1. The van der Waals surface area contributed by atoms with Crippen molar-refractivity contribution >= 4 is 11.9 Å². The largest absolute Gasteiger partial charge is 0.481 e. The molecule has 1 amide bonds. The minimum absolute atomic E-state index is 0.0298. The number of likely N-dealkylation sites (N-methyl/N-ethyl adjacent to an activating group) is 1. The van der Waals surface area contributed by atoms with Crippen LogP contribution in [0.5, 0.6) is 0 Å². The highest BCUT2D eigenvalue weighted by Gasteiger charge is 2.36.